The Hall–Kier alpha value is -2.69. The van der Waals surface area contributed by atoms with Crippen LogP contribution in [0.4, 0.5) is 0 Å². The minimum atomic E-state index is -0.549. The molecule has 2 amide bonds. The first-order valence-corrected chi connectivity index (χ1v) is 8.50. The first-order valence-electron chi connectivity index (χ1n) is 8.50. The van der Waals surface area contributed by atoms with Crippen LogP contribution < -0.4 is 5.32 Å². The summed E-state index contributed by atoms with van der Waals surface area (Å²) >= 11 is 0. The molecule has 0 spiro atoms. The molecule has 0 saturated heterocycles. The van der Waals surface area contributed by atoms with Crippen LogP contribution in [0.1, 0.15) is 31.9 Å². The summed E-state index contributed by atoms with van der Waals surface area (Å²) in [5.41, 5.74) is 1.93. The van der Waals surface area contributed by atoms with Gasteiger partial charge in [-0.15, -0.1) is 0 Å². The molecule has 1 heterocycles. The molecule has 0 radical (unpaired) electrons. The average molecular weight is 339 g/mol. The molecule has 0 aliphatic carbocycles. The van der Waals surface area contributed by atoms with Crippen LogP contribution in [0.15, 0.2) is 54.9 Å². The standard InChI is InChI=1S/C20H25N3O2/c1-15(2)20(25)23(14-17-8-5-4-6-9-17)16(3)19(24)22-13-18-10-7-11-21-12-18/h4-12,15-16H,13-14H2,1-3H3,(H,22,24)/t16-/m1/s1. The van der Waals surface area contributed by atoms with E-state index in [2.05, 4.69) is 10.3 Å². The van der Waals surface area contributed by atoms with Gasteiger partial charge in [-0.05, 0) is 24.1 Å². The van der Waals surface area contributed by atoms with Crippen molar-refractivity contribution >= 4 is 11.8 Å². The maximum atomic E-state index is 12.6. The number of rotatable bonds is 7. The number of amides is 2. The van der Waals surface area contributed by atoms with Crippen LogP contribution in [0.25, 0.3) is 0 Å². The van der Waals surface area contributed by atoms with Gasteiger partial charge in [-0.1, -0.05) is 50.2 Å². The van der Waals surface area contributed by atoms with Crippen molar-refractivity contribution in [1.29, 1.82) is 0 Å². The number of carbonyl (C=O) groups is 2. The highest BCUT2D eigenvalue weighted by Gasteiger charge is 2.27. The Labute approximate surface area is 149 Å². The predicted octanol–water partition coefficient (Wildman–Crippen LogP) is 2.77. The summed E-state index contributed by atoms with van der Waals surface area (Å²) in [6.07, 6.45) is 3.41. The predicted molar refractivity (Wildman–Crippen MR) is 97.4 cm³/mol. The van der Waals surface area contributed by atoms with Gasteiger partial charge in [-0.25, -0.2) is 0 Å². The largest absolute Gasteiger partial charge is 0.350 e. The zero-order valence-electron chi connectivity index (χ0n) is 15.0. The molecule has 0 aliphatic rings. The molecule has 2 rings (SSSR count). The highest BCUT2D eigenvalue weighted by molar-refractivity contribution is 5.88. The summed E-state index contributed by atoms with van der Waals surface area (Å²) in [6.45, 7) is 6.27. The van der Waals surface area contributed by atoms with E-state index in [0.717, 1.165) is 11.1 Å². The van der Waals surface area contributed by atoms with Gasteiger partial charge in [0.05, 0.1) is 0 Å². The number of aromatic nitrogens is 1. The molecule has 0 unspecified atom stereocenters. The van der Waals surface area contributed by atoms with Crippen LogP contribution in [0.3, 0.4) is 0 Å². The van der Waals surface area contributed by atoms with E-state index in [1.54, 1.807) is 24.2 Å². The fourth-order valence-electron chi connectivity index (χ4n) is 2.50. The average Bonchev–Trinajstić information content (AvgIpc) is 2.64. The van der Waals surface area contributed by atoms with Gasteiger partial charge in [-0.2, -0.15) is 0 Å². The van der Waals surface area contributed by atoms with E-state index in [1.807, 2.05) is 56.3 Å². The summed E-state index contributed by atoms with van der Waals surface area (Å²) in [4.78, 5) is 30.8. The Morgan fingerprint density at radius 1 is 1.04 bits per heavy atom. The van der Waals surface area contributed by atoms with E-state index in [9.17, 15) is 9.59 Å². The van der Waals surface area contributed by atoms with Gasteiger partial charge in [-0.3, -0.25) is 14.6 Å². The fraction of sp³-hybridized carbons (Fsp3) is 0.350. The van der Waals surface area contributed by atoms with Crippen molar-refractivity contribution in [3.8, 4) is 0 Å². The van der Waals surface area contributed by atoms with Crippen LogP contribution in [0.2, 0.25) is 0 Å². The lowest BCUT2D eigenvalue weighted by Gasteiger charge is -2.30. The van der Waals surface area contributed by atoms with Crippen LogP contribution >= 0.6 is 0 Å². The molecule has 1 aromatic carbocycles. The first-order chi connectivity index (χ1) is 12.0. The van der Waals surface area contributed by atoms with Crippen molar-refractivity contribution in [2.45, 2.75) is 39.9 Å². The molecule has 5 nitrogen and oxygen atoms in total. The quantitative estimate of drug-likeness (QED) is 0.844. The summed E-state index contributed by atoms with van der Waals surface area (Å²) in [5.74, 6) is -0.376. The molecule has 0 saturated carbocycles. The highest BCUT2D eigenvalue weighted by atomic mass is 16.2. The number of nitrogens with zero attached hydrogens (tertiary/aromatic N) is 2. The van der Waals surface area contributed by atoms with Crippen molar-refractivity contribution in [2.75, 3.05) is 0 Å². The van der Waals surface area contributed by atoms with Crippen molar-refractivity contribution < 1.29 is 9.59 Å². The molecule has 5 heteroatoms. The molecule has 132 valence electrons. The number of pyridine rings is 1. The molecular formula is C20H25N3O2. The van der Waals surface area contributed by atoms with Gasteiger partial charge >= 0.3 is 0 Å². The number of hydrogen-bond acceptors (Lipinski definition) is 3. The summed E-state index contributed by atoms with van der Waals surface area (Å²) < 4.78 is 0. The molecule has 1 atom stereocenters. The van der Waals surface area contributed by atoms with Crippen molar-refractivity contribution in [3.05, 3.63) is 66.0 Å². The number of carbonyl (C=O) groups excluding carboxylic acids is 2. The van der Waals surface area contributed by atoms with Crippen LogP contribution in [0.5, 0.6) is 0 Å². The van der Waals surface area contributed by atoms with E-state index in [-0.39, 0.29) is 17.7 Å². The molecular weight excluding hydrogens is 314 g/mol. The maximum Gasteiger partial charge on any atom is 0.242 e. The Bertz CT molecular complexity index is 687. The second-order valence-electron chi connectivity index (χ2n) is 6.36. The summed E-state index contributed by atoms with van der Waals surface area (Å²) in [5, 5.41) is 2.89. The monoisotopic (exact) mass is 339 g/mol. The lowest BCUT2D eigenvalue weighted by molar-refractivity contribution is -0.143. The second kappa shape index (κ2) is 8.97. The van der Waals surface area contributed by atoms with Gasteiger partial charge in [0.1, 0.15) is 6.04 Å². The minimum absolute atomic E-state index is 0.0344. The van der Waals surface area contributed by atoms with Gasteiger partial charge < -0.3 is 10.2 Å². The smallest absolute Gasteiger partial charge is 0.242 e. The SMILES string of the molecule is CC(C)C(=O)N(Cc1ccccc1)[C@H](C)C(=O)NCc1cccnc1. The Morgan fingerprint density at radius 3 is 2.32 bits per heavy atom. The normalized spacial score (nSPS) is 11.8. The third-order valence-corrected chi connectivity index (χ3v) is 4.01. The van der Waals surface area contributed by atoms with Gasteiger partial charge in [0.25, 0.3) is 0 Å². The van der Waals surface area contributed by atoms with E-state index >= 15 is 0 Å². The Morgan fingerprint density at radius 2 is 1.72 bits per heavy atom. The Balaban J connectivity index is 2.06. The van der Waals surface area contributed by atoms with Crippen molar-refractivity contribution in [3.63, 3.8) is 0 Å². The molecule has 0 aliphatic heterocycles. The molecule has 1 aromatic heterocycles. The highest BCUT2D eigenvalue weighted by Crippen LogP contribution is 2.13. The van der Waals surface area contributed by atoms with Crippen LogP contribution in [-0.2, 0) is 22.7 Å². The van der Waals surface area contributed by atoms with E-state index in [1.165, 1.54) is 0 Å². The molecule has 2 aromatic rings. The van der Waals surface area contributed by atoms with Gasteiger partial charge in [0.2, 0.25) is 11.8 Å². The zero-order chi connectivity index (χ0) is 18.2. The summed E-state index contributed by atoms with van der Waals surface area (Å²) in [7, 11) is 0. The second-order valence-corrected chi connectivity index (χ2v) is 6.36. The molecule has 1 N–H and O–H groups in total. The topological polar surface area (TPSA) is 62.3 Å². The van der Waals surface area contributed by atoms with E-state index in [0.29, 0.717) is 13.1 Å². The van der Waals surface area contributed by atoms with Crippen molar-refractivity contribution in [2.24, 2.45) is 5.92 Å². The Kier molecular flexibility index (Phi) is 6.69. The van der Waals surface area contributed by atoms with Crippen LogP contribution in [0, 0.1) is 5.92 Å². The number of nitrogens with one attached hydrogen (secondary N) is 1. The van der Waals surface area contributed by atoms with Crippen molar-refractivity contribution in [1.82, 2.24) is 15.2 Å². The minimum Gasteiger partial charge on any atom is -0.350 e. The first kappa shape index (κ1) is 18.6. The third-order valence-electron chi connectivity index (χ3n) is 4.01. The molecule has 25 heavy (non-hydrogen) atoms. The fourth-order valence-corrected chi connectivity index (χ4v) is 2.50. The van der Waals surface area contributed by atoms with Gasteiger partial charge in [0.15, 0.2) is 0 Å². The zero-order valence-corrected chi connectivity index (χ0v) is 15.0. The lowest BCUT2D eigenvalue weighted by atomic mass is 10.1. The van der Waals surface area contributed by atoms with Gasteiger partial charge in [0, 0.05) is 31.4 Å². The molecule has 0 fully saturated rings. The van der Waals surface area contributed by atoms with Crippen LogP contribution in [-0.4, -0.2) is 27.7 Å². The number of hydrogen-bond donors (Lipinski definition) is 1. The summed E-state index contributed by atoms with van der Waals surface area (Å²) in [6, 6.07) is 12.9. The third kappa shape index (κ3) is 5.41. The van der Waals surface area contributed by atoms with E-state index in [4.69, 9.17) is 0 Å². The number of benzene rings is 1. The van der Waals surface area contributed by atoms with E-state index < -0.39 is 6.04 Å². The molecule has 0 bridgehead atoms. The maximum absolute atomic E-state index is 12.6. The lowest BCUT2D eigenvalue weighted by Crippen LogP contribution is -2.48.